The highest BCUT2D eigenvalue weighted by Gasteiger charge is 2.30. The first-order valence-electron chi connectivity index (χ1n) is 3.74. The van der Waals surface area contributed by atoms with Crippen LogP contribution in [0.3, 0.4) is 0 Å². The minimum Gasteiger partial charge on any atom is -0.303 e. The quantitative estimate of drug-likeness (QED) is 0.752. The normalized spacial score (nSPS) is 11.4. The average molecular weight is 267 g/mol. The summed E-state index contributed by atoms with van der Waals surface area (Å²) in [4.78, 5) is 10.1. The summed E-state index contributed by atoms with van der Waals surface area (Å²) >= 11 is 2.96. The third kappa shape index (κ3) is 2.83. The molecule has 0 saturated carbocycles. The topological polar surface area (TPSA) is 17.1 Å². The molecule has 0 amide bonds. The van der Waals surface area contributed by atoms with Crippen LogP contribution in [-0.4, -0.2) is 6.29 Å². The molecule has 0 unspecified atom stereocenters. The van der Waals surface area contributed by atoms with E-state index in [0.717, 1.165) is 12.1 Å². The summed E-state index contributed by atoms with van der Waals surface area (Å²) in [7, 11) is 0. The first-order chi connectivity index (χ1) is 6.43. The minimum absolute atomic E-state index is 0.0114. The van der Waals surface area contributed by atoms with Crippen molar-refractivity contribution in [1.82, 2.24) is 0 Å². The molecule has 0 N–H and O–H groups in total. The van der Waals surface area contributed by atoms with Crippen LogP contribution in [-0.2, 0) is 17.4 Å². The fraction of sp³-hybridized carbons (Fsp3) is 0.222. The van der Waals surface area contributed by atoms with Gasteiger partial charge in [-0.3, -0.25) is 0 Å². The molecule has 76 valence electrons. The molecule has 0 radical (unpaired) electrons. The molecule has 0 aliphatic rings. The maximum Gasteiger partial charge on any atom is 0.416 e. The van der Waals surface area contributed by atoms with Crippen molar-refractivity contribution in [3.63, 3.8) is 0 Å². The molecular formula is C9H6BrF3O. The second kappa shape index (κ2) is 4.13. The predicted molar refractivity (Wildman–Crippen MR) is 48.9 cm³/mol. The maximum atomic E-state index is 12.3. The van der Waals surface area contributed by atoms with Gasteiger partial charge in [0, 0.05) is 10.9 Å². The van der Waals surface area contributed by atoms with Crippen LogP contribution in [0, 0.1) is 0 Å². The molecule has 5 heteroatoms. The van der Waals surface area contributed by atoms with Gasteiger partial charge in [-0.1, -0.05) is 15.9 Å². The van der Waals surface area contributed by atoms with Gasteiger partial charge in [0.25, 0.3) is 0 Å². The molecule has 0 spiro atoms. The number of halogens is 4. The van der Waals surface area contributed by atoms with Gasteiger partial charge in [0.2, 0.25) is 0 Å². The Kier molecular flexibility index (Phi) is 3.31. The SMILES string of the molecule is O=CCc1cc(Br)cc(C(F)(F)F)c1. The van der Waals surface area contributed by atoms with E-state index in [4.69, 9.17) is 0 Å². The molecule has 0 fully saturated rings. The summed E-state index contributed by atoms with van der Waals surface area (Å²) in [6, 6.07) is 3.44. The number of benzene rings is 1. The Morgan fingerprint density at radius 3 is 2.43 bits per heavy atom. The van der Waals surface area contributed by atoms with Crippen LogP contribution in [0.15, 0.2) is 22.7 Å². The second-order valence-corrected chi connectivity index (χ2v) is 3.63. The molecule has 0 heterocycles. The Morgan fingerprint density at radius 2 is 1.93 bits per heavy atom. The maximum absolute atomic E-state index is 12.3. The number of carbonyl (C=O) groups excluding carboxylic acids is 1. The molecule has 14 heavy (non-hydrogen) atoms. The molecular weight excluding hydrogens is 261 g/mol. The van der Waals surface area contributed by atoms with E-state index < -0.39 is 11.7 Å². The van der Waals surface area contributed by atoms with Crippen molar-refractivity contribution >= 4 is 22.2 Å². The molecule has 1 nitrogen and oxygen atoms in total. The molecule has 0 aromatic heterocycles. The van der Waals surface area contributed by atoms with Gasteiger partial charge in [-0.25, -0.2) is 0 Å². The Hall–Kier alpha value is -0.840. The van der Waals surface area contributed by atoms with Crippen LogP contribution in [0.5, 0.6) is 0 Å². The predicted octanol–water partition coefficient (Wildman–Crippen LogP) is 3.21. The summed E-state index contributed by atoms with van der Waals surface area (Å²) in [6.07, 6.45) is -3.81. The van der Waals surface area contributed by atoms with Gasteiger partial charge in [0.15, 0.2) is 0 Å². The van der Waals surface area contributed by atoms with Crippen molar-refractivity contribution in [2.75, 3.05) is 0 Å². The van der Waals surface area contributed by atoms with Crippen LogP contribution >= 0.6 is 15.9 Å². The zero-order valence-electron chi connectivity index (χ0n) is 6.94. The van der Waals surface area contributed by atoms with E-state index >= 15 is 0 Å². The summed E-state index contributed by atoms with van der Waals surface area (Å²) in [5.41, 5.74) is -0.398. The Bertz CT molecular complexity index is 346. The van der Waals surface area contributed by atoms with Gasteiger partial charge in [-0.05, 0) is 23.8 Å². The van der Waals surface area contributed by atoms with E-state index in [1.165, 1.54) is 6.07 Å². The van der Waals surface area contributed by atoms with Crippen molar-refractivity contribution in [3.8, 4) is 0 Å². The van der Waals surface area contributed by atoms with Crippen molar-refractivity contribution in [2.45, 2.75) is 12.6 Å². The van der Waals surface area contributed by atoms with E-state index in [2.05, 4.69) is 15.9 Å². The number of hydrogen-bond acceptors (Lipinski definition) is 1. The highest BCUT2D eigenvalue weighted by molar-refractivity contribution is 9.10. The standard InChI is InChI=1S/C9H6BrF3O/c10-8-4-6(1-2-14)3-7(5-8)9(11,12)13/h2-5H,1H2. The fourth-order valence-corrected chi connectivity index (χ4v) is 1.57. The summed E-state index contributed by atoms with van der Waals surface area (Å²) in [5, 5.41) is 0. The smallest absolute Gasteiger partial charge is 0.303 e. The van der Waals surface area contributed by atoms with E-state index in [-0.39, 0.29) is 6.42 Å². The monoisotopic (exact) mass is 266 g/mol. The van der Waals surface area contributed by atoms with E-state index in [1.807, 2.05) is 0 Å². The van der Waals surface area contributed by atoms with E-state index in [0.29, 0.717) is 16.3 Å². The van der Waals surface area contributed by atoms with E-state index in [9.17, 15) is 18.0 Å². The fourth-order valence-electron chi connectivity index (χ4n) is 1.03. The molecule has 1 aromatic carbocycles. The number of rotatable bonds is 2. The third-order valence-corrected chi connectivity index (χ3v) is 2.06. The first kappa shape index (κ1) is 11.2. The Morgan fingerprint density at radius 1 is 1.29 bits per heavy atom. The summed E-state index contributed by atoms with van der Waals surface area (Å²) in [5.74, 6) is 0. The lowest BCUT2D eigenvalue weighted by atomic mass is 10.1. The molecule has 1 aromatic rings. The van der Waals surface area contributed by atoms with Crippen molar-refractivity contribution in [1.29, 1.82) is 0 Å². The molecule has 0 atom stereocenters. The lowest BCUT2D eigenvalue weighted by Gasteiger charge is -2.08. The molecule has 0 saturated heterocycles. The molecule has 1 rings (SSSR count). The van der Waals surface area contributed by atoms with Gasteiger partial charge >= 0.3 is 6.18 Å². The van der Waals surface area contributed by atoms with Crippen molar-refractivity contribution < 1.29 is 18.0 Å². The first-order valence-corrected chi connectivity index (χ1v) is 4.53. The van der Waals surface area contributed by atoms with Gasteiger partial charge in [0.05, 0.1) is 5.56 Å². The van der Waals surface area contributed by atoms with Crippen LogP contribution in [0.2, 0.25) is 0 Å². The zero-order chi connectivity index (χ0) is 10.8. The highest BCUT2D eigenvalue weighted by atomic mass is 79.9. The van der Waals surface area contributed by atoms with E-state index in [1.54, 1.807) is 0 Å². The number of carbonyl (C=O) groups is 1. The van der Waals surface area contributed by atoms with Crippen LogP contribution < -0.4 is 0 Å². The second-order valence-electron chi connectivity index (χ2n) is 2.72. The van der Waals surface area contributed by atoms with Gasteiger partial charge < -0.3 is 4.79 Å². The van der Waals surface area contributed by atoms with Gasteiger partial charge in [-0.2, -0.15) is 13.2 Å². The minimum atomic E-state index is -4.37. The van der Waals surface area contributed by atoms with Crippen LogP contribution in [0.25, 0.3) is 0 Å². The number of alkyl halides is 3. The average Bonchev–Trinajstić information content (AvgIpc) is 2.02. The number of hydrogen-bond donors (Lipinski definition) is 0. The van der Waals surface area contributed by atoms with Gasteiger partial charge in [-0.15, -0.1) is 0 Å². The number of aldehydes is 1. The summed E-state index contributed by atoms with van der Waals surface area (Å²) < 4.78 is 37.2. The molecule has 0 aliphatic carbocycles. The largest absolute Gasteiger partial charge is 0.416 e. The lowest BCUT2D eigenvalue weighted by molar-refractivity contribution is -0.137. The Labute approximate surface area is 87.1 Å². The van der Waals surface area contributed by atoms with Gasteiger partial charge in [0.1, 0.15) is 6.29 Å². The summed E-state index contributed by atoms with van der Waals surface area (Å²) in [6.45, 7) is 0. The van der Waals surface area contributed by atoms with Crippen molar-refractivity contribution in [2.24, 2.45) is 0 Å². The van der Waals surface area contributed by atoms with Crippen LogP contribution in [0.4, 0.5) is 13.2 Å². The van der Waals surface area contributed by atoms with Crippen molar-refractivity contribution in [3.05, 3.63) is 33.8 Å². The Balaban J connectivity index is 3.13. The lowest BCUT2D eigenvalue weighted by Crippen LogP contribution is -2.05. The zero-order valence-corrected chi connectivity index (χ0v) is 8.52. The van der Waals surface area contributed by atoms with Crippen LogP contribution in [0.1, 0.15) is 11.1 Å². The molecule has 0 bridgehead atoms. The molecule has 0 aliphatic heterocycles. The highest BCUT2D eigenvalue weighted by Crippen LogP contribution is 2.31. The third-order valence-electron chi connectivity index (χ3n) is 1.60.